The Kier molecular flexibility index (Phi) is 20.0. The normalized spacial score (nSPS) is 21.6. The lowest BCUT2D eigenvalue weighted by atomic mass is 9.73. The Balaban J connectivity index is 0.673. The number of piperidine rings is 3. The van der Waals surface area contributed by atoms with Gasteiger partial charge in [0.25, 0.3) is 5.91 Å². The molecule has 0 radical (unpaired) electrons. The molecule has 3 aromatic carbocycles. The van der Waals surface area contributed by atoms with E-state index in [1.165, 1.54) is 36.3 Å². The summed E-state index contributed by atoms with van der Waals surface area (Å²) in [6.07, 6.45) is 10.2. The van der Waals surface area contributed by atoms with Crippen LogP contribution in [0.25, 0.3) is 32.7 Å². The molecule has 4 atom stereocenters. The number of rotatable bonds is 19. The third kappa shape index (κ3) is 14.1. The van der Waals surface area contributed by atoms with Crippen LogP contribution >= 0.6 is 11.3 Å². The van der Waals surface area contributed by atoms with Crippen LogP contribution in [0.3, 0.4) is 0 Å². The van der Waals surface area contributed by atoms with Crippen LogP contribution in [0.5, 0.6) is 0 Å². The minimum Gasteiger partial charge on any atom is -0.391 e. The zero-order chi connectivity index (χ0) is 68.1. The molecule has 6 aliphatic rings. The quantitative estimate of drug-likeness (QED) is 0.0509. The van der Waals surface area contributed by atoms with E-state index in [-0.39, 0.29) is 78.9 Å². The van der Waals surface area contributed by atoms with Crippen LogP contribution in [0.4, 0.5) is 21.6 Å². The highest BCUT2D eigenvalue weighted by molar-refractivity contribution is 7.13. The van der Waals surface area contributed by atoms with E-state index in [2.05, 4.69) is 53.1 Å². The molecular weight excluding hydrogens is 1230 g/mol. The number of likely N-dealkylation sites (tertiary alicyclic amines) is 4. The van der Waals surface area contributed by atoms with Gasteiger partial charge in [0, 0.05) is 73.5 Å². The lowest BCUT2D eigenvalue weighted by Gasteiger charge is -2.48. The Morgan fingerprint density at radius 1 is 0.812 bits per heavy atom. The number of β-amino-alcohol motifs (C(OH)–C–C–N with tert-alkyl or cyclic N) is 1. The summed E-state index contributed by atoms with van der Waals surface area (Å²) < 4.78 is 18.0. The van der Waals surface area contributed by atoms with Crippen LogP contribution in [0, 0.1) is 31.0 Å². The number of nitrogens with zero attached hydrogens (tertiary/aromatic N) is 9. The number of amides is 6. The average Bonchev–Trinajstić information content (AvgIpc) is 1.55. The lowest BCUT2D eigenvalue weighted by molar-refractivity contribution is -0.144. The van der Waals surface area contributed by atoms with Crippen molar-refractivity contribution in [3.63, 3.8) is 0 Å². The van der Waals surface area contributed by atoms with Crippen molar-refractivity contribution in [2.75, 3.05) is 62.6 Å². The number of pyridine rings is 1. The van der Waals surface area contributed by atoms with Crippen molar-refractivity contribution in [1.29, 1.82) is 0 Å². The van der Waals surface area contributed by atoms with Crippen LogP contribution in [-0.2, 0) is 29.4 Å². The molecule has 96 heavy (non-hydrogen) atoms. The molecule has 20 nitrogen and oxygen atoms in total. The number of hydrogen-bond donors (Lipinski definition) is 5. The number of aliphatic hydroxyl groups is 1. The molecule has 512 valence electrons. The number of thiazole rings is 1. The van der Waals surface area contributed by atoms with Gasteiger partial charge in [-0.3, -0.25) is 33.7 Å². The molecule has 1 spiro atoms. The van der Waals surface area contributed by atoms with Gasteiger partial charge in [0.05, 0.1) is 63.4 Å². The van der Waals surface area contributed by atoms with Crippen LogP contribution in [0.2, 0.25) is 0 Å². The van der Waals surface area contributed by atoms with Gasteiger partial charge in [-0.1, -0.05) is 63.6 Å². The third-order valence-corrected chi connectivity index (χ3v) is 22.2. The fraction of sp³-hybridized carbons (Fsp3) is 0.554. The van der Waals surface area contributed by atoms with Gasteiger partial charge in [0.1, 0.15) is 23.4 Å². The molecular formula is C74H96FN13O7S. The maximum absolute atomic E-state index is 16.0. The zero-order valence-corrected chi connectivity index (χ0v) is 58.3. The van der Waals surface area contributed by atoms with Crippen LogP contribution in [0.1, 0.15) is 177 Å². The van der Waals surface area contributed by atoms with E-state index < -0.39 is 40.7 Å². The van der Waals surface area contributed by atoms with Gasteiger partial charge in [-0.25, -0.2) is 19.3 Å². The molecule has 0 unspecified atom stereocenters. The molecule has 22 heteroatoms. The Hall–Kier alpha value is -7.66. The fourth-order valence-electron chi connectivity index (χ4n) is 15.6. The number of aromatic nitrogens is 4. The van der Waals surface area contributed by atoms with E-state index in [1.54, 1.807) is 24.6 Å². The molecule has 0 bridgehead atoms. The van der Waals surface area contributed by atoms with Gasteiger partial charge in [-0.2, -0.15) is 0 Å². The molecule has 4 saturated heterocycles. The molecule has 1 saturated carbocycles. The smallest absolute Gasteiger partial charge is 0.251 e. The molecule has 5 N–H and O–H groups in total. The molecule has 3 aromatic heterocycles. The number of aliphatic hydroxyl groups excluding tert-OH is 1. The van der Waals surface area contributed by atoms with E-state index >= 15 is 9.18 Å². The SMILES string of the molecule is Cc1cc(F)c(Nc2nc(-c3ccc4c(c3)N(C3CC(N5CCCCC5)C3)C(=O)C43CCN(C(=O)CCC4CCN(CC(=O)N[C@H](C(=O)N5C[C@H](O)C[C@H]5C(=O)N[C@@H](C)c5ccc(-c6scnc6C)cc5)C(C)(C)C)CC4)CC3)cc3ncn(C(C)C)c23)cc1C(=O)NC(C)C. The Morgan fingerprint density at radius 3 is 2.19 bits per heavy atom. The molecule has 12 rings (SSSR count). The monoisotopic (exact) mass is 1330 g/mol. The van der Waals surface area contributed by atoms with E-state index in [4.69, 9.17) is 9.97 Å². The Labute approximate surface area is 567 Å². The maximum Gasteiger partial charge on any atom is 0.251 e. The van der Waals surface area contributed by atoms with Gasteiger partial charge in [0.15, 0.2) is 5.82 Å². The highest BCUT2D eigenvalue weighted by atomic mass is 32.1. The van der Waals surface area contributed by atoms with E-state index in [9.17, 15) is 29.1 Å². The van der Waals surface area contributed by atoms with Crippen molar-refractivity contribution in [2.24, 2.45) is 11.3 Å². The number of carbonyl (C=O) groups excluding carboxylic acids is 6. The summed E-state index contributed by atoms with van der Waals surface area (Å²) in [5.41, 5.74) is 8.80. The van der Waals surface area contributed by atoms with Crippen molar-refractivity contribution in [1.82, 2.24) is 55.1 Å². The largest absolute Gasteiger partial charge is 0.391 e. The highest BCUT2D eigenvalue weighted by Crippen LogP contribution is 2.52. The fourth-order valence-corrected chi connectivity index (χ4v) is 16.4. The lowest BCUT2D eigenvalue weighted by Crippen LogP contribution is -2.59. The molecule has 8 heterocycles. The van der Waals surface area contributed by atoms with Gasteiger partial charge in [0.2, 0.25) is 29.5 Å². The number of anilines is 3. The second-order valence-corrected chi connectivity index (χ2v) is 30.6. The first-order valence-corrected chi connectivity index (χ1v) is 35.8. The number of nitrogens with one attached hydrogen (secondary N) is 4. The van der Waals surface area contributed by atoms with Gasteiger partial charge in [-0.05, 0) is 190 Å². The summed E-state index contributed by atoms with van der Waals surface area (Å²) in [6.45, 7) is 23.6. The molecule has 6 aromatic rings. The number of hydrogen-bond acceptors (Lipinski definition) is 14. The average molecular weight is 1330 g/mol. The van der Waals surface area contributed by atoms with Crippen molar-refractivity contribution in [3.05, 3.63) is 106 Å². The summed E-state index contributed by atoms with van der Waals surface area (Å²) in [4.78, 5) is 111. The molecule has 5 aliphatic heterocycles. The van der Waals surface area contributed by atoms with Crippen molar-refractivity contribution < 1.29 is 38.3 Å². The third-order valence-electron chi connectivity index (χ3n) is 21.3. The molecule has 1 aliphatic carbocycles. The Bertz CT molecular complexity index is 3890. The number of carbonyl (C=O) groups is 6. The second kappa shape index (κ2) is 28.1. The first kappa shape index (κ1) is 68.3. The van der Waals surface area contributed by atoms with Crippen molar-refractivity contribution >= 4 is 75.0 Å². The summed E-state index contributed by atoms with van der Waals surface area (Å²) >= 11 is 1.58. The number of halogens is 1. The van der Waals surface area contributed by atoms with Crippen molar-refractivity contribution in [3.8, 4) is 21.7 Å². The summed E-state index contributed by atoms with van der Waals surface area (Å²) in [5, 5.41) is 23.2. The van der Waals surface area contributed by atoms with E-state index in [1.807, 2.05) is 114 Å². The standard InChI is InChI=1S/C74H96FN13O7S/c1-43(2)78-69(92)55-37-59(57(75)32-45(55)5)81-68-65-60(76-41-87(65)44(3)4)38-58(80-68)51-19-20-56-61(33-51)88(53-34-52(35-53)84-26-12-11-13-27-84)72(95)74(56)24-30-85(31-25-74)64(91)21-14-48-22-28-83(29-23-48)40-63(90)82-67(73(8,9)10)71(94)86-39-54(89)36-62(86)70(93)79-46(6)49-15-17-50(18-16-49)66-47(7)77-42-96-66/h15-20,32-33,37-38,41-44,46,48,52-54,62,67,89H,11-14,21-31,34-36,39-40H2,1-10H3,(H,78,92)(H,79,93)(H,80,81)(H,82,90)/t46-,52?,53?,54+,62-,67+/m0/s1. The maximum atomic E-state index is 16.0. The predicted molar refractivity (Wildman–Crippen MR) is 372 cm³/mol. The number of fused-ring (bicyclic) bond motifs is 3. The molecule has 6 amide bonds. The number of aryl methyl sites for hydroxylation is 2. The highest BCUT2D eigenvalue weighted by Gasteiger charge is 2.56. The molecule has 5 fully saturated rings. The first-order chi connectivity index (χ1) is 45.8. The van der Waals surface area contributed by atoms with Gasteiger partial charge in [-0.15, -0.1) is 11.3 Å². The first-order valence-electron chi connectivity index (χ1n) is 34.9. The van der Waals surface area contributed by atoms with E-state index in [0.29, 0.717) is 91.1 Å². The minimum atomic E-state index is -0.946. The topological polar surface area (TPSA) is 231 Å². The van der Waals surface area contributed by atoms with Crippen LogP contribution in [-0.4, -0.2) is 168 Å². The van der Waals surface area contributed by atoms with Gasteiger partial charge >= 0.3 is 0 Å². The zero-order valence-electron chi connectivity index (χ0n) is 57.5. The number of imidazole rings is 1. The van der Waals surface area contributed by atoms with E-state index in [0.717, 1.165) is 83.7 Å². The summed E-state index contributed by atoms with van der Waals surface area (Å²) in [7, 11) is 0. The Morgan fingerprint density at radius 2 is 1.52 bits per heavy atom. The van der Waals surface area contributed by atoms with Crippen LogP contribution < -0.4 is 26.2 Å². The summed E-state index contributed by atoms with van der Waals surface area (Å²) in [5.74, 6) is -1.01. The second-order valence-electron chi connectivity index (χ2n) is 29.8. The predicted octanol–water partition coefficient (Wildman–Crippen LogP) is 10.5. The number of benzene rings is 3. The summed E-state index contributed by atoms with van der Waals surface area (Å²) in [6, 6.07) is 17.2. The van der Waals surface area contributed by atoms with Gasteiger partial charge < -0.3 is 50.5 Å². The van der Waals surface area contributed by atoms with Crippen molar-refractivity contribution in [2.45, 2.75) is 200 Å². The van der Waals surface area contributed by atoms with Crippen LogP contribution in [0.15, 0.2) is 72.5 Å². The minimum absolute atomic E-state index is 0.00411.